The average molecular weight is 726 g/mol. The lowest BCUT2D eigenvalue weighted by atomic mass is 9.73. The van der Waals surface area contributed by atoms with Crippen LogP contribution in [0.5, 0.6) is 0 Å². The summed E-state index contributed by atoms with van der Waals surface area (Å²) in [6.07, 6.45) is 2.91. The summed E-state index contributed by atoms with van der Waals surface area (Å²) in [5, 5.41) is 5.86. The highest BCUT2D eigenvalue weighted by atomic mass is 35.5. The summed E-state index contributed by atoms with van der Waals surface area (Å²) in [5.74, 6) is -0.338. The average Bonchev–Trinajstić information content (AvgIpc) is 3.38. The number of fused-ring (bicyclic) bond motifs is 1. The Morgan fingerprint density at radius 2 is 1.75 bits per heavy atom. The fourth-order valence-corrected chi connectivity index (χ4v) is 7.32. The largest absolute Gasteiger partial charge is 0.444 e. The Morgan fingerprint density at radius 1 is 1.08 bits per heavy atom. The molecule has 4 rings (SSSR count). The summed E-state index contributed by atoms with van der Waals surface area (Å²) in [4.78, 5) is 14.4. The van der Waals surface area contributed by atoms with Crippen LogP contribution in [0.4, 0.5) is 9.18 Å². The molecule has 0 radical (unpaired) electrons. The number of piperidine rings is 1. The Balaban J connectivity index is 1.49. The standard InChI is InChI=1S/C34H49ClFN3O7SSi/c1-33(2,3)45-32(40)38-15-13-34(14-16-38,26-8-10-28(36)11-9-26)23-43-17-12-30(46-47(4,41)42)29-21-27(35)20-25-22-39(37-31(25)29)24-44-18-19-48(5,6)7/h8-11,20-22,30H,12-19,23-24H2,1-7H3. The molecule has 0 spiro atoms. The van der Waals surface area contributed by atoms with Crippen LogP contribution in [0.2, 0.25) is 30.7 Å². The first kappa shape index (κ1) is 38.3. The summed E-state index contributed by atoms with van der Waals surface area (Å²) in [7, 11) is -5.10. The van der Waals surface area contributed by atoms with Crippen molar-refractivity contribution in [3.05, 3.63) is 64.6 Å². The van der Waals surface area contributed by atoms with Gasteiger partial charge in [0.05, 0.1) is 18.4 Å². The number of carbonyl (C=O) groups excluding carboxylic acids is 1. The molecular weight excluding hydrogens is 677 g/mol. The molecule has 0 N–H and O–H groups in total. The van der Waals surface area contributed by atoms with Crippen molar-refractivity contribution in [2.75, 3.05) is 39.2 Å². The molecule has 1 unspecified atom stereocenters. The predicted molar refractivity (Wildman–Crippen MR) is 188 cm³/mol. The van der Waals surface area contributed by atoms with Gasteiger partial charge in [0, 0.05) is 68.4 Å². The predicted octanol–water partition coefficient (Wildman–Crippen LogP) is 7.53. The lowest BCUT2D eigenvalue weighted by Crippen LogP contribution is -2.48. The van der Waals surface area contributed by atoms with Gasteiger partial charge in [-0.25, -0.2) is 13.9 Å². The molecule has 1 saturated heterocycles. The van der Waals surface area contributed by atoms with Gasteiger partial charge < -0.3 is 19.1 Å². The second kappa shape index (κ2) is 15.6. The number of nitrogens with zero attached hydrogens (tertiary/aromatic N) is 3. The summed E-state index contributed by atoms with van der Waals surface area (Å²) < 4.78 is 63.6. The summed E-state index contributed by atoms with van der Waals surface area (Å²) in [6, 6.07) is 10.8. The van der Waals surface area contributed by atoms with E-state index < -0.39 is 35.3 Å². The first-order valence-corrected chi connectivity index (χ1v) is 22.2. The summed E-state index contributed by atoms with van der Waals surface area (Å²) >= 11 is 6.49. The monoisotopic (exact) mass is 725 g/mol. The molecule has 10 nitrogen and oxygen atoms in total. The third kappa shape index (κ3) is 11.2. The van der Waals surface area contributed by atoms with Crippen molar-refractivity contribution >= 4 is 46.8 Å². The van der Waals surface area contributed by atoms with Gasteiger partial charge in [-0.15, -0.1) is 0 Å². The third-order valence-electron chi connectivity index (χ3n) is 8.24. The van der Waals surface area contributed by atoms with Crippen LogP contribution in [0.15, 0.2) is 42.6 Å². The number of halogens is 2. The zero-order valence-corrected chi connectivity index (χ0v) is 31.6. The fourth-order valence-electron chi connectivity index (χ4n) is 5.71. The number of carbonyl (C=O) groups is 1. The first-order valence-electron chi connectivity index (χ1n) is 16.3. The van der Waals surface area contributed by atoms with E-state index >= 15 is 0 Å². The van der Waals surface area contributed by atoms with E-state index in [0.717, 1.165) is 23.2 Å². The Kier molecular flexibility index (Phi) is 12.4. The summed E-state index contributed by atoms with van der Waals surface area (Å²) in [6.45, 7) is 14.6. The molecule has 48 heavy (non-hydrogen) atoms. The molecule has 2 aromatic carbocycles. The van der Waals surface area contributed by atoms with Crippen LogP contribution in [0.25, 0.3) is 10.9 Å². The van der Waals surface area contributed by atoms with Crippen LogP contribution in [0, 0.1) is 5.82 Å². The second-order valence-corrected chi connectivity index (χ2v) is 22.5. The van der Waals surface area contributed by atoms with Gasteiger partial charge in [-0.05, 0) is 69.5 Å². The van der Waals surface area contributed by atoms with E-state index in [9.17, 15) is 17.6 Å². The molecule has 1 atom stereocenters. The van der Waals surface area contributed by atoms with Crippen LogP contribution < -0.4 is 0 Å². The molecule has 2 heterocycles. The van der Waals surface area contributed by atoms with E-state index in [1.165, 1.54) is 12.1 Å². The van der Waals surface area contributed by atoms with Gasteiger partial charge in [-0.3, -0.25) is 4.18 Å². The highest BCUT2D eigenvalue weighted by molar-refractivity contribution is 7.86. The highest BCUT2D eigenvalue weighted by Gasteiger charge is 2.39. The number of rotatable bonds is 14. The quantitative estimate of drug-likeness (QED) is 0.0954. The Bertz CT molecular complexity index is 1650. The zero-order chi connectivity index (χ0) is 35.3. The van der Waals surface area contributed by atoms with E-state index in [0.29, 0.717) is 48.6 Å². The van der Waals surface area contributed by atoms with E-state index in [1.807, 2.05) is 27.0 Å². The Morgan fingerprint density at radius 3 is 2.35 bits per heavy atom. The molecular formula is C34H49ClFN3O7SSi. The van der Waals surface area contributed by atoms with Crippen molar-refractivity contribution in [3.63, 3.8) is 0 Å². The molecule has 1 aliphatic rings. The molecule has 1 aromatic heterocycles. The smallest absolute Gasteiger partial charge is 0.410 e. The fraction of sp³-hybridized carbons (Fsp3) is 0.588. The van der Waals surface area contributed by atoms with E-state index in [4.69, 9.17) is 35.1 Å². The van der Waals surface area contributed by atoms with E-state index in [-0.39, 0.29) is 38.3 Å². The molecule has 0 saturated carbocycles. The number of hydrogen-bond donors (Lipinski definition) is 0. The van der Waals surface area contributed by atoms with Crippen molar-refractivity contribution < 1.29 is 36.0 Å². The van der Waals surface area contributed by atoms with Crippen LogP contribution in [0.3, 0.4) is 0 Å². The van der Waals surface area contributed by atoms with Crippen LogP contribution in [-0.2, 0) is 40.7 Å². The number of aromatic nitrogens is 2. The van der Waals surface area contributed by atoms with Gasteiger partial charge in [0.2, 0.25) is 0 Å². The molecule has 266 valence electrons. The topological polar surface area (TPSA) is 109 Å². The highest BCUT2D eigenvalue weighted by Crippen LogP contribution is 2.38. The lowest BCUT2D eigenvalue weighted by Gasteiger charge is -2.42. The Hall–Kier alpha value is -2.55. The van der Waals surface area contributed by atoms with Crippen molar-refractivity contribution in [1.82, 2.24) is 14.7 Å². The number of hydrogen-bond acceptors (Lipinski definition) is 8. The molecule has 1 aliphatic heterocycles. The van der Waals surface area contributed by atoms with Crippen LogP contribution >= 0.6 is 11.6 Å². The minimum absolute atomic E-state index is 0.160. The van der Waals surface area contributed by atoms with Gasteiger partial charge in [-0.1, -0.05) is 43.4 Å². The van der Waals surface area contributed by atoms with Crippen LogP contribution in [-0.4, -0.2) is 82.0 Å². The van der Waals surface area contributed by atoms with E-state index in [1.54, 1.807) is 33.8 Å². The molecule has 0 bridgehead atoms. The number of benzene rings is 2. The van der Waals surface area contributed by atoms with Gasteiger partial charge in [0.25, 0.3) is 10.1 Å². The maximum atomic E-state index is 13.9. The minimum atomic E-state index is -3.86. The number of amides is 1. The normalized spacial score (nSPS) is 16.3. The summed E-state index contributed by atoms with van der Waals surface area (Å²) in [5.41, 5.74) is 0.914. The van der Waals surface area contributed by atoms with Gasteiger partial charge in [0.15, 0.2) is 0 Å². The molecule has 0 aliphatic carbocycles. The maximum Gasteiger partial charge on any atom is 0.410 e. The molecule has 3 aromatic rings. The SMILES string of the molecule is CC(C)(C)OC(=O)N1CCC(COCCC(OS(C)(=O)=O)c2cc(Cl)cc3cn(COCC[Si](C)(C)C)nc23)(c2ccc(F)cc2)CC1. The van der Waals surface area contributed by atoms with E-state index in [2.05, 4.69) is 19.6 Å². The van der Waals surface area contributed by atoms with Crippen LogP contribution in [0.1, 0.15) is 57.3 Å². The maximum absolute atomic E-state index is 13.9. The number of likely N-dealkylation sites (tertiary alicyclic amines) is 1. The third-order valence-corrected chi connectivity index (χ3v) is 10.7. The molecule has 1 fully saturated rings. The van der Waals surface area contributed by atoms with Gasteiger partial charge in [0.1, 0.15) is 24.3 Å². The Labute approximate surface area is 289 Å². The first-order chi connectivity index (χ1) is 22.3. The van der Waals surface area contributed by atoms with Crippen molar-refractivity contribution in [1.29, 1.82) is 0 Å². The molecule has 1 amide bonds. The van der Waals surface area contributed by atoms with Crippen molar-refractivity contribution in [3.8, 4) is 0 Å². The molecule has 14 heteroatoms. The van der Waals surface area contributed by atoms with Gasteiger partial charge in [-0.2, -0.15) is 13.5 Å². The number of ether oxygens (including phenoxy) is 3. The zero-order valence-electron chi connectivity index (χ0n) is 29.1. The van der Waals surface area contributed by atoms with Gasteiger partial charge >= 0.3 is 6.09 Å². The second-order valence-electron chi connectivity index (χ2n) is 14.8. The van der Waals surface area contributed by atoms with Crippen molar-refractivity contribution in [2.24, 2.45) is 0 Å². The minimum Gasteiger partial charge on any atom is -0.444 e. The lowest BCUT2D eigenvalue weighted by molar-refractivity contribution is 0.00268. The van der Waals surface area contributed by atoms with Crippen molar-refractivity contribution in [2.45, 2.75) is 89.6 Å².